The molecule has 13 heteroatoms. The summed E-state index contributed by atoms with van der Waals surface area (Å²) in [6.45, 7) is 0. The lowest BCUT2D eigenvalue weighted by Crippen LogP contribution is -2.70. The first-order chi connectivity index (χ1) is 11.4. The van der Waals surface area contributed by atoms with Crippen molar-refractivity contribution in [3.63, 3.8) is 0 Å². The zero-order valence-corrected chi connectivity index (χ0v) is 13.4. The summed E-state index contributed by atoms with van der Waals surface area (Å²) in [5.41, 5.74) is 5.29. The summed E-state index contributed by atoms with van der Waals surface area (Å²) in [7, 11) is 0. The van der Waals surface area contributed by atoms with E-state index < -0.39 is 35.2 Å². The Morgan fingerprint density at radius 3 is 2.88 bits per heavy atom. The summed E-state index contributed by atoms with van der Waals surface area (Å²) in [4.78, 5) is 51.2. The predicted molar refractivity (Wildman–Crippen MR) is 83.6 cm³/mol. The fraction of sp³-hybridized carbons (Fsp3) is 0.364. The van der Waals surface area contributed by atoms with Crippen LogP contribution in [-0.4, -0.2) is 54.3 Å². The number of hydrogen-bond acceptors (Lipinski definition) is 10. The number of nitrogens with two attached hydrogens (primary N) is 1. The number of carbonyl (C=O) groups is 3. The second-order valence-electron chi connectivity index (χ2n) is 4.81. The van der Waals surface area contributed by atoms with E-state index in [4.69, 9.17) is 10.8 Å². The Hall–Kier alpha value is -2.54. The number of amides is 2. The van der Waals surface area contributed by atoms with Gasteiger partial charge >= 0.3 is 5.97 Å². The molecule has 0 saturated carbocycles. The number of carbonyl (C=O) groups excluding carboxylic acids is 2. The topological polar surface area (TPSA) is 168 Å². The first-order valence-corrected chi connectivity index (χ1v) is 8.36. The largest absolute Gasteiger partial charge is 0.477 e. The molecule has 1 saturated heterocycles. The van der Waals surface area contributed by atoms with Gasteiger partial charge in [-0.2, -0.15) is 4.37 Å². The molecule has 2 aliphatic heterocycles. The first kappa shape index (κ1) is 16.3. The van der Waals surface area contributed by atoms with Crippen molar-refractivity contribution in [3.05, 3.63) is 22.5 Å². The van der Waals surface area contributed by atoms with Crippen LogP contribution in [0.5, 0.6) is 0 Å². The van der Waals surface area contributed by atoms with E-state index in [2.05, 4.69) is 19.9 Å². The van der Waals surface area contributed by atoms with Gasteiger partial charge in [0.1, 0.15) is 17.1 Å². The van der Waals surface area contributed by atoms with E-state index in [0.717, 1.165) is 16.4 Å². The van der Waals surface area contributed by atoms with Crippen LogP contribution in [0.25, 0.3) is 0 Å². The molecule has 2 amide bonds. The molecule has 1 fully saturated rings. The molecule has 0 aromatic carbocycles. The molecule has 3 heterocycles. The number of rotatable bonds is 5. The van der Waals surface area contributed by atoms with E-state index in [9.17, 15) is 19.3 Å². The van der Waals surface area contributed by atoms with Gasteiger partial charge in [-0.25, -0.2) is 9.78 Å². The van der Waals surface area contributed by atoms with Crippen LogP contribution in [0.15, 0.2) is 16.9 Å². The maximum atomic E-state index is 12.2. The number of hydrogen-bond donors (Lipinski definition) is 3. The maximum absolute atomic E-state index is 12.2. The quantitative estimate of drug-likeness (QED) is 0.448. The molecule has 4 N–H and O–H groups in total. The molecule has 24 heavy (non-hydrogen) atoms. The number of nitrogens with zero attached hydrogens (tertiary/aromatic N) is 4. The molecule has 1 aromatic rings. The standard InChI is InChI=1S/C11H10N6O5S2/c12-11-14-6(16-24-11)4(15-22)7(18)13-5-8(19)17-3(10(20)21)1-2-23-9(5)17/h1,4-5,9H,2H2,(H,13,18)(H,20,21)(H2,12,14,16)/t4?,5-,9+/m1/s1. The van der Waals surface area contributed by atoms with E-state index >= 15 is 0 Å². The van der Waals surface area contributed by atoms with Gasteiger partial charge in [-0.3, -0.25) is 14.5 Å². The molecule has 0 aliphatic carbocycles. The molecule has 3 atom stereocenters. The molecular weight excluding hydrogens is 360 g/mol. The molecule has 0 bridgehead atoms. The number of nitroso groups, excluding NO2 is 1. The third-order valence-corrected chi connectivity index (χ3v) is 5.16. The molecule has 1 unspecified atom stereocenters. The lowest BCUT2D eigenvalue weighted by atomic mass is 10.0. The Balaban J connectivity index is 1.72. The minimum absolute atomic E-state index is 0.0800. The van der Waals surface area contributed by atoms with Gasteiger partial charge < -0.3 is 16.2 Å². The van der Waals surface area contributed by atoms with Crippen molar-refractivity contribution in [1.29, 1.82) is 0 Å². The van der Waals surface area contributed by atoms with Crippen LogP contribution in [0.3, 0.4) is 0 Å². The lowest BCUT2D eigenvalue weighted by molar-refractivity contribution is -0.150. The molecule has 11 nitrogen and oxygen atoms in total. The Labute approximate surface area is 142 Å². The zero-order valence-electron chi connectivity index (χ0n) is 11.8. The van der Waals surface area contributed by atoms with Crippen LogP contribution in [-0.2, 0) is 14.4 Å². The third-order valence-electron chi connectivity index (χ3n) is 3.42. The Morgan fingerprint density at radius 1 is 1.54 bits per heavy atom. The van der Waals surface area contributed by atoms with Crippen molar-refractivity contribution in [2.75, 3.05) is 11.5 Å². The first-order valence-electron chi connectivity index (χ1n) is 6.54. The van der Waals surface area contributed by atoms with E-state index in [-0.39, 0.29) is 16.7 Å². The molecule has 126 valence electrons. The summed E-state index contributed by atoms with van der Waals surface area (Å²) in [5.74, 6) is -2.37. The highest BCUT2D eigenvalue weighted by Gasteiger charge is 2.53. The van der Waals surface area contributed by atoms with Crippen LogP contribution in [0, 0.1) is 4.91 Å². The highest BCUT2D eigenvalue weighted by Crippen LogP contribution is 2.37. The van der Waals surface area contributed by atoms with E-state index in [0.29, 0.717) is 5.75 Å². The highest BCUT2D eigenvalue weighted by atomic mass is 32.2. The molecule has 1 aromatic heterocycles. The monoisotopic (exact) mass is 370 g/mol. The minimum atomic E-state index is -1.52. The highest BCUT2D eigenvalue weighted by molar-refractivity contribution is 8.00. The Bertz CT molecular complexity index is 764. The number of fused-ring (bicyclic) bond motifs is 1. The number of thioether (sulfide) groups is 1. The molecular formula is C11H10N6O5S2. The van der Waals surface area contributed by atoms with Gasteiger partial charge in [0.25, 0.3) is 11.8 Å². The van der Waals surface area contributed by atoms with E-state index in [1.54, 1.807) is 0 Å². The smallest absolute Gasteiger partial charge is 0.352 e. The fourth-order valence-corrected chi connectivity index (χ4v) is 4.00. The maximum Gasteiger partial charge on any atom is 0.352 e. The second-order valence-corrected chi connectivity index (χ2v) is 6.74. The number of aliphatic carboxylic acids is 1. The number of carboxylic acid groups (broad SMARTS) is 1. The van der Waals surface area contributed by atoms with Gasteiger partial charge in [-0.1, -0.05) is 0 Å². The number of carboxylic acids is 1. The van der Waals surface area contributed by atoms with Crippen molar-refractivity contribution >= 4 is 46.2 Å². The minimum Gasteiger partial charge on any atom is -0.477 e. The summed E-state index contributed by atoms with van der Waals surface area (Å²) >= 11 is 2.11. The third kappa shape index (κ3) is 2.60. The normalized spacial score (nSPS) is 23.6. The van der Waals surface area contributed by atoms with Crippen molar-refractivity contribution in [2.24, 2.45) is 5.18 Å². The number of β-lactam (4-membered cyclic amide) rings is 1. The lowest BCUT2D eigenvalue weighted by Gasteiger charge is -2.48. The van der Waals surface area contributed by atoms with Crippen molar-refractivity contribution in [2.45, 2.75) is 17.5 Å². The van der Waals surface area contributed by atoms with Crippen LogP contribution in [0.2, 0.25) is 0 Å². The van der Waals surface area contributed by atoms with Crippen LogP contribution in [0.1, 0.15) is 11.9 Å². The van der Waals surface area contributed by atoms with E-state index in [1.165, 1.54) is 17.8 Å². The van der Waals surface area contributed by atoms with Crippen molar-refractivity contribution < 1.29 is 19.5 Å². The van der Waals surface area contributed by atoms with Crippen LogP contribution in [0.4, 0.5) is 5.13 Å². The number of nitrogen functional groups attached to an aromatic ring is 1. The number of anilines is 1. The summed E-state index contributed by atoms with van der Waals surface area (Å²) < 4.78 is 3.76. The van der Waals surface area contributed by atoms with Gasteiger partial charge in [0.15, 0.2) is 11.0 Å². The average molecular weight is 370 g/mol. The average Bonchev–Trinajstić information content (AvgIpc) is 2.98. The SMILES string of the molecule is Nc1nc(C(N=O)C(=O)N[C@@H]2C(=O)N3C(C(=O)O)=CCS[C@@H]23)ns1. The van der Waals surface area contributed by atoms with E-state index in [1.807, 2.05) is 0 Å². The van der Waals surface area contributed by atoms with Crippen LogP contribution < -0.4 is 11.1 Å². The molecule has 3 rings (SSSR count). The van der Waals surface area contributed by atoms with Gasteiger partial charge in [0.2, 0.25) is 6.04 Å². The molecule has 2 aliphatic rings. The molecule has 0 radical (unpaired) electrons. The van der Waals surface area contributed by atoms with Gasteiger partial charge in [0.05, 0.1) is 0 Å². The number of aromatic nitrogens is 2. The summed E-state index contributed by atoms with van der Waals surface area (Å²) in [6.07, 6.45) is 1.43. The van der Waals surface area contributed by atoms with Crippen molar-refractivity contribution in [1.82, 2.24) is 19.6 Å². The van der Waals surface area contributed by atoms with Gasteiger partial charge in [0, 0.05) is 17.3 Å². The van der Waals surface area contributed by atoms with Crippen molar-refractivity contribution in [3.8, 4) is 0 Å². The Kier molecular flexibility index (Phi) is 4.19. The number of nitrogens with one attached hydrogen (secondary N) is 1. The Morgan fingerprint density at radius 2 is 2.29 bits per heavy atom. The predicted octanol–water partition coefficient (Wildman–Crippen LogP) is -0.704. The second kappa shape index (κ2) is 6.16. The molecule has 0 spiro atoms. The van der Waals surface area contributed by atoms with Gasteiger partial charge in [-0.15, -0.1) is 16.7 Å². The van der Waals surface area contributed by atoms with Crippen LogP contribution >= 0.6 is 23.3 Å². The fourth-order valence-electron chi connectivity index (χ4n) is 2.34. The summed E-state index contributed by atoms with van der Waals surface area (Å²) in [6, 6.07) is -2.46. The summed E-state index contributed by atoms with van der Waals surface area (Å²) in [5, 5.41) is 13.7. The van der Waals surface area contributed by atoms with Gasteiger partial charge in [-0.05, 0) is 11.3 Å². The zero-order chi connectivity index (χ0) is 17.4.